The third-order valence-corrected chi connectivity index (χ3v) is 4.81. The Bertz CT molecular complexity index is 1170. The molecule has 0 unspecified atom stereocenters. The summed E-state index contributed by atoms with van der Waals surface area (Å²) in [4.78, 5) is 43.3. The van der Waals surface area contributed by atoms with Gasteiger partial charge in [0.15, 0.2) is 11.6 Å². The summed E-state index contributed by atoms with van der Waals surface area (Å²) in [5.41, 5.74) is 1.43. The van der Waals surface area contributed by atoms with Crippen LogP contribution in [-0.4, -0.2) is 51.4 Å². The highest BCUT2D eigenvalue weighted by Crippen LogP contribution is 2.30. The average Bonchev–Trinajstić information content (AvgIpc) is 2.86. The number of nitrogens with one attached hydrogen (secondary N) is 1. The van der Waals surface area contributed by atoms with E-state index in [1.165, 1.54) is 36.5 Å². The molecular weight excluding hydrogens is 427 g/mol. The van der Waals surface area contributed by atoms with Crippen molar-refractivity contribution >= 4 is 29.2 Å². The molecule has 0 aliphatic carbocycles. The van der Waals surface area contributed by atoms with Crippen molar-refractivity contribution in [3.63, 3.8) is 0 Å². The molecule has 31 heavy (non-hydrogen) atoms. The molecule has 0 bridgehead atoms. The number of nitrogens with zero attached hydrogens (tertiary/aromatic N) is 5. The van der Waals surface area contributed by atoms with E-state index < -0.39 is 23.7 Å². The summed E-state index contributed by atoms with van der Waals surface area (Å²) in [5.74, 6) is -1.12. The van der Waals surface area contributed by atoms with Gasteiger partial charge in [-0.3, -0.25) is 19.5 Å². The SMILES string of the molecule is Cc1cnc(C(=O)N[C@H]2COc3cc(Cl)cnc3N(C)C2=O)nc1-c1ccc(F)cn1. The first-order valence-electron chi connectivity index (χ1n) is 9.16. The maximum atomic E-state index is 13.2. The first kappa shape index (κ1) is 20.6. The number of aromatic nitrogens is 4. The smallest absolute Gasteiger partial charge is 0.289 e. The van der Waals surface area contributed by atoms with Gasteiger partial charge in [-0.2, -0.15) is 0 Å². The zero-order valence-corrected chi connectivity index (χ0v) is 17.2. The normalized spacial score (nSPS) is 15.7. The fourth-order valence-electron chi connectivity index (χ4n) is 3.01. The van der Waals surface area contributed by atoms with E-state index in [4.69, 9.17) is 16.3 Å². The molecule has 158 valence electrons. The van der Waals surface area contributed by atoms with Crippen LogP contribution < -0.4 is 15.0 Å². The van der Waals surface area contributed by atoms with Gasteiger partial charge in [-0.25, -0.2) is 19.3 Å². The van der Waals surface area contributed by atoms with Crippen molar-refractivity contribution in [2.24, 2.45) is 0 Å². The lowest BCUT2D eigenvalue weighted by Crippen LogP contribution is -2.49. The minimum atomic E-state index is -0.997. The molecule has 11 heteroatoms. The number of carbonyl (C=O) groups is 2. The number of ether oxygens (including phenoxy) is 1. The summed E-state index contributed by atoms with van der Waals surface area (Å²) < 4.78 is 18.8. The van der Waals surface area contributed by atoms with Gasteiger partial charge < -0.3 is 10.1 Å². The molecular formula is C20H16ClFN6O3. The van der Waals surface area contributed by atoms with Crippen molar-refractivity contribution in [3.05, 3.63) is 59.0 Å². The van der Waals surface area contributed by atoms with Crippen LogP contribution in [0, 0.1) is 12.7 Å². The van der Waals surface area contributed by atoms with Crippen LogP contribution in [-0.2, 0) is 4.79 Å². The highest BCUT2D eigenvalue weighted by Gasteiger charge is 2.32. The number of hydrogen-bond acceptors (Lipinski definition) is 7. The van der Waals surface area contributed by atoms with E-state index in [2.05, 4.69) is 25.3 Å². The monoisotopic (exact) mass is 442 g/mol. The number of amides is 2. The van der Waals surface area contributed by atoms with Crippen molar-refractivity contribution in [3.8, 4) is 17.1 Å². The van der Waals surface area contributed by atoms with Crippen LogP contribution in [0.3, 0.4) is 0 Å². The van der Waals surface area contributed by atoms with Crippen LogP contribution >= 0.6 is 11.6 Å². The lowest BCUT2D eigenvalue weighted by molar-refractivity contribution is -0.120. The quantitative estimate of drug-likeness (QED) is 0.662. The molecule has 9 nitrogen and oxygen atoms in total. The number of carbonyl (C=O) groups excluding carboxylic acids is 2. The van der Waals surface area contributed by atoms with E-state index in [1.807, 2.05) is 0 Å². The minimum absolute atomic E-state index is 0.123. The van der Waals surface area contributed by atoms with Gasteiger partial charge >= 0.3 is 0 Å². The number of anilines is 1. The van der Waals surface area contributed by atoms with Gasteiger partial charge in [0, 0.05) is 25.5 Å². The Balaban J connectivity index is 1.56. The Kier molecular flexibility index (Phi) is 5.47. The fourth-order valence-corrected chi connectivity index (χ4v) is 3.15. The topological polar surface area (TPSA) is 110 Å². The van der Waals surface area contributed by atoms with Crippen molar-refractivity contribution in [2.75, 3.05) is 18.6 Å². The van der Waals surface area contributed by atoms with Crippen LogP contribution in [0.5, 0.6) is 5.75 Å². The number of halogens is 2. The van der Waals surface area contributed by atoms with E-state index in [0.717, 1.165) is 6.20 Å². The summed E-state index contributed by atoms with van der Waals surface area (Å²) in [6, 6.07) is 3.25. The Morgan fingerprint density at radius 2 is 2.06 bits per heavy atom. The molecule has 1 N–H and O–H groups in total. The summed E-state index contributed by atoms with van der Waals surface area (Å²) >= 11 is 5.94. The largest absolute Gasteiger partial charge is 0.487 e. The van der Waals surface area contributed by atoms with Gasteiger partial charge in [0.25, 0.3) is 11.8 Å². The average molecular weight is 443 g/mol. The van der Waals surface area contributed by atoms with Gasteiger partial charge in [-0.15, -0.1) is 0 Å². The first-order chi connectivity index (χ1) is 14.8. The van der Waals surface area contributed by atoms with Gasteiger partial charge in [0.1, 0.15) is 18.5 Å². The van der Waals surface area contributed by atoms with Gasteiger partial charge in [0.2, 0.25) is 5.82 Å². The maximum absolute atomic E-state index is 13.2. The van der Waals surface area contributed by atoms with Crippen molar-refractivity contribution < 1.29 is 18.7 Å². The molecule has 0 fully saturated rings. The molecule has 4 heterocycles. The van der Waals surface area contributed by atoms with Gasteiger partial charge in [0.05, 0.1) is 22.6 Å². The van der Waals surface area contributed by atoms with Crippen LogP contribution in [0.25, 0.3) is 11.4 Å². The molecule has 1 aliphatic rings. The molecule has 4 rings (SSSR count). The summed E-state index contributed by atoms with van der Waals surface area (Å²) in [6.45, 7) is 1.62. The Morgan fingerprint density at radius 1 is 1.26 bits per heavy atom. The molecule has 0 aromatic carbocycles. The van der Waals surface area contributed by atoms with E-state index >= 15 is 0 Å². The third kappa shape index (κ3) is 4.15. The van der Waals surface area contributed by atoms with Crippen LogP contribution in [0.4, 0.5) is 10.2 Å². The highest BCUT2D eigenvalue weighted by atomic mass is 35.5. The summed E-state index contributed by atoms with van der Waals surface area (Å²) in [7, 11) is 1.52. The van der Waals surface area contributed by atoms with Crippen molar-refractivity contribution in [2.45, 2.75) is 13.0 Å². The van der Waals surface area contributed by atoms with Crippen LogP contribution in [0.2, 0.25) is 5.02 Å². The van der Waals surface area contributed by atoms with Gasteiger partial charge in [-0.05, 0) is 24.6 Å². The Morgan fingerprint density at radius 3 is 2.81 bits per heavy atom. The van der Waals surface area contributed by atoms with E-state index in [-0.39, 0.29) is 12.4 Å². The lowest BCUT2D eigenvalue weighted by atomic mass is 10.2. The van der Waals surface area contributed by atoms with E-state index in [0.29, 0.717) is 33.5 Å². The molecule has 1 atom stereocenters. The van der Waals surface area contributed by atoms with E-state index in [1.54, 1.807) is 13.0 Å². The number of rotatable bonds is 3. The predicted octanol–water partition coefficient (Wildman–Crippen LogP) is 2.19. The number of fused-ring (bicyclic) bond motifs is 1. The fraction of sp³-hybridized carbons (Fsp3) is 0.200. The van der Waals surface area contributed by atoms with Gasteiger partial charge in [-0.1, -0.05) is 11.6 Å². The van der Waals surface area contributed by atoms with E-state index in [9.17, 15) is 14.0 Å². The molecule has 3 aromatic rings. The predicted molar refractivity (Wildman–Crippen MR) is 109 cm³/mol. The lowest BCUT2D eigenvalue weighted by Gasteiger charge is -2.19. The molecule has 1 aliphatic heterocycles. The number of hydrogen-bond donors (Lipinski definition) is 1. The molecule has 0 radical (unpaired) electrons. The summed E-state index contributed by atoms with van der Waals surface area (Å²) in [5, 5.41) is 2.95. The zero-order chi connectivity index (χ0) is 22.1. The van der Waals surface area contributed by atoms with Crippen molar-refractivity contribution in [1.82, 2.24) is 25.3 Å². The Labute approximate surface area is 181 Å². The second-order valence-corrected chi connectivity index (χ2v) is 7.23. The summed E-state index contributed by atoms with van der Waals surface area (Å²) in [6.07, 6.45) is 3.92. The highest BCUT2D eigenvalue weighted by molar-refractivity contribution is 6.30. The second-order valence-electron chi connectivity index (χ2n) is 6.80. The molecule has 0 spiro atoms. The van der Waals surface area contributed by atoms with Crippen LogP contribution in [0.15, 0.2) is 36.8 Å². The van der Waals surface area contributed by atoms with Crippen molar-refractivity contribution in [1.29, 1.82) is 0 Å². The number of likely N-dealkylation sites (N-methyl/N-ethyl adjacent to an activating group) is 1. The standard InChI is InChI=1S/C20H16ClFN6O3/c1-10-6-24-17(27-16(10)13-4-3-12(22)8-23-13)19(29)26-14-9-31-15-5-11(21)7-25-18(15)28(2)20(14)30/h3-8,14H,9H2,1-2H3,(H,26,29)/t14-/m0/s1. The molecule has 0 saturated heterocycles. The number of aryl methyl sites for hydroxylation is 1. The molecule has 3 aromatic heterocycles. The minimum Gasteiger partial charge on any atom is -0.487 e. The number of pyridine rings is 2. The zero-order valence-electron chi connectivity index (χ0n) is 16.5. The first-order valence-corrected chi connectivity index (χ1v) is 9.53. The molecule has 0 saturated carbocycles. The second kappa shape index (κ2) is 8.23. The maximum Gasteiger partial charge on any atom is 0.289 e. The molecule has 2 amide bonds. The van der Waals surface area contributed by atoms with Crippen LogP contribution in [0.1, 0.15) is 16.2 Å². The third-order valence-electron chi connectivity index (χ3n) is 4.60. The Hall–Kier alpha value is -3.66.